The van der Waals surface area contributed by atoms with E-state index in [1.54, 1.807) is 0 Å². The summed E-state index contributed by atoms with van der Waals surface area (Å²) >= 11 is 0. The van der Waals surface area contributed by atoms with Crippen molar-refractivity contribution >= 4 is 11.9 Å². The van der Waals surface area contributed by atoms with Crippen molar-refractivity contribution in [3.8, 4) is 0 Å². The van der Waals surface area contributed by atoms with E-state index in [0.29, 0.717) is 41.9 Å². The summed E-state index contributed by atoms with van der Waals surface area (Å²) in [5.74, 6) is 5.54. The number of fused-ring (bicyclic) bond motifs is 12. The van der Waals surface area contributed by atoms with Crippen LogP contribution in [0.3, 0.4) is 0 Å². The fourth-order valence-electron chi connectivity index (χ4n) is 7.49. The van der Waals surface area contributed by atoms with Gasteiger partial charge in [-0.15, -0.1) is 0 Å². The van der Waals surface area contributed by atoms with Crippen molar-refractivity contribution < 1.29 is 23.8 Å². The SMILES string of the molecule is C=C1OCC2C3CC(C12)C1C2CC(OC(=O)COC(=O)C(C)(C)CC)C(C2)C31. The number of hydrogen-bond acceptors (Lipinski definition) is 5. The Morgan fingerprint density at radius 2 is 1.89 bits per heavy atom. The molecule has 0 aromatic carbocycles. The first kappa shape index (κ1) is 18.5. The van der Waals surface area contributed by atoms with Crippen LogP contribution in [0, 0.1) is 52.8 Å². The average Bonchev–Trinajstić information content (AvgIpc) is 3.43. The number of hydrogen-bond donors (Lipinski definition) is 0. The highest BCUT2D eigenvalue weighted by Crippen LogP contribution is 2.72. The maximum Gasteiger partial charge on any atom is 0.344 e. The van der Waals surface area contributed by atoms with Gasteiger partial charge in [-0.3, -0.25) is 4.79 Å². The minimum absolute atomic E-state index is 0.0000367. The molecule has 1 heterocycles. The first-order valence-electron chi connectivity index (χ1n) is 11.0. The van der Waals surface area contributed by atoms with Crippen LogP contribution in [0.1, 0.15) is 46.5 Å². The Morgan fingerprint density at radius 1 is 1.11 bits per heavy atom. The van der Waals surface area contributed by atoms with Crippen molar-refractivity contribution in [2.75, 3.05) is 13.2 Å². The van der Waals surface area contributed by atoms with Crippen LogP contribution in [-0.4, -0.2) is 31.3 Å². The standard InChI is InChI=1S/C23H32O5/c1-5-23(3,4)22(25)27-10-18(24)28-17-7-12-6-14(17)21-13-8-15(20(12)21)19-11(2)26-9-16(13)19/h12-17,19-21H,2,5-10H2,1,3-4H3. The van der Waals surface area contributed by atoms with Crippen LogP contribution >= 0.6 is 0 Å². The summed E-state index contributed by atoms with van der Waals surface area (Å²) in [5, 5.41) is 0. The molecule has 28 heavy (non-hydrogen) atoms. The van der Waals surface area contributed by atoms with Gasteiger partial charge >= 0.3 is 11.9 Å². The molecule has 0 radical (unpaired) electrons. The molecule has 0 aromatic rings. The molecule has 0 spiro atoms. The van der Waals surface area contributed by atoms with E-state index in [1.165, 1.54) is 12.8 Å². The Hall–Kier alpha value is -1.52. The maximum absolute atomic E-state index is 12.3. The number of allylic oxidation sites excluding steroid dienone is 1. The molecule has 0 N–H and O–H groups in total. The topological polar surface area (TPSA) is 61.8 Å². The van der Waals surface area contributed by atoms with Gasteiger partial charge < -0.3 is 14.2 Å². The second-order valence-corrected chi connectivity index (χ2v) is 10.4. The summed E-state index contributed by atoms with van der Waals surface area (Å²) in [7, 11) is 0. The van der Waals surface area contributed by atoms with Crippen molar-refractivity contribution in [1.29, 1.82) is 0 Å². The zero-order chi connectivity index (χ0) is 19.8. The average molecular weight is 389 g/mol. The number of ether oxygens (including phenoxy) is 3. The quantitative estimate of drug-likeness (QED) is 0.532. The van der Waals surface area contributed by atoms with E-state index < -0.39 is 11.4 Å². The van der Waals surface area contributed by atoms with Crippen LogP contribution in [0.2, 0.25) is 0 Å². The molecule has 5 aliphatic rings. The van der Waals surface area contributed by atoms with Gasteiger partial charge in [0.1, 0.15) is 6.10 Å². The molecule has 4 saturated carbocycles. The van der Waals surface area contributed by atoms with Gasteiger partial charge in [-0.25, -0.2) is 4.79 Å². The van der Waals surface area contributed by atoms with Gasteiger partial charge in [-0.05, 0) is 75.0 Å². The summed E-state index contributed by atoms with van der Waals surface area (Å²) in [6, 6.07) is 0. The highest BCUT2D eigenvalue weighted by atomic mass is 16.6. The van der Waals surface area contributed by atoms with Crippen LogP contribution in [0.5, 0.6) is 0 Å². The summed E-state index contributed by atoms with van der Waals surface area (Å²) in [6.07, 6.45) is 4.15. The minimum atomic E-state index is -0.563. The van der Waals surface area contributed by atoms with Crippen LogP contribution in [0.4, 0.5) is 0 Å². The van der Waals surface area contributed by atoms with Crippen LogP contribution in [0.15, 0.2) is 12.3 Å². The monoisotopic (exact) mass is 388 g/mol. The third-order valence-electron chi connectivity index (χ3n) is 8.95. The molecule has 0 aromatic heterocycles. The predicted octanol–water partition coefficient (Wildman–Crippen LogP) is 3.58. The second-order valence-electron chi connectivity index (χ2n) is 10.4. The minimum Gasteiger partial charge on any atom is -0.498 e. The lowest BCUT2D eigenvalue weighted by molar-refractivity contribution is -0.170. The summed E-state index contributed by atoms with van der Waals surface area (Å²) in [4.78, 5) is 24.4. The number of rotatable bonds is 5. The summed E-state index contributed by atoms with van der Waals surface area (Å²) in [5.41, 5.74) is -0.563. The molecule has 5 heteroatoms. The van der Waals surface area contributed by atoms with Gasteiger partial charge in [-0.2, -0.15) is 0 Å². The number of carbonyl (C=O) groups excluding carboxylic acids is 2. The normalized spacial score (nSPS) is 45.0. The lowest BCUT2D eigenvalue weighted by Crippen LogP contribution is -2.42. The summed E-state index contributed by atoms with van der Waals surface area (Å²) < 4.78 is 16.9. The molecule has 4 aliphatic carbocycles. The molecule has 5 rings (SSSR count). The fourth-order valence-corrected chi connectivity index (χ4v) is 7.49. The Balaban J connectivity index is 1.20. The Morgan fingerprint density at radius 3 is 2.64 bits per heavy atom. The molecular weight excluding hydrogens is 356 g/mol. The van der Waals surface area contributed by atoms with Gasteiger partial charge in [0.05, 0.1) is 17.8 Å². The first-order chi connectivity index (χ1) is 13.3. The predicted molar refractivity (Wildman–Crippen MR) is 102 cm³/mol. The lowest BCUT2D eigenvalue weighted by atomic mass is 9.63. The molecule has 9 unspecified atom stereocenters. The number of carbonyl (C=O) groups is 2. The Labute approximate surface area is 167 Å². The van der Waals surface area contributed by atoms with E-state index in [4.69, 9.17) is 14.2 Å². The van der Waals surface area contributed by atoms with Crippen molar-refractivity contribution in [3.63, 3.8) is 0 Å². The molecule has 1 saturated heterocycles. The zero-order valence-corrected chi connectivity index (χ0v) is 17.2. The van der Waals surface area contributed by atoms with Crippen molar-refractivity contribution in [2.24, 2.45) is 52.8 Å². The van der Waals surface area contributed by atoms with Crippen LogP contribution in [0.25, 0.3) is 0 Å². The Kier molecular flexibility index (Phi) is 4.12. The molecule has 0 amide bonds. The van der Waals surface area contributed by atoms with E-state index in [1.807, 2.05) is 20.8 Å². The summed E-state index contributed by atoms with van der Waals surface area (Å²) in [6.45, 7) is 10.3. The smallest absolute Gasteiger partial charge is 0.344 e. The molecule has 5 fully saturated rings. The molecular formula is C23H32O5. The number of esters is 2. The third kappa shape index (κ3) is 2.50. The molecule has 154 valence electrons. The van der Waals surface area contributed by atoms with E-state index in [2.05, 4.69) is 6.58 Å². The highest BCUT2D eigenvalue weighted by Gasteiger charge is 2.69. The van der Waals surface area contributed by atoms with Crippen molar-refractivity contribution in [2.45, 2.75) is 52.6 Å². The lowest BCUT2D eigenvalue weighted by Gasteiger charge is -2.42. The molecule has 4 bridgehead atoms. The van der Waals surface area contributed by atoms with Gasteiger partial charge in [-0.1, -0.05) is 13.5 Å². The third-order valence-corrected chi connectivity index (χ3v) is 8.95. The van der Waals surface area contributed by atoms with Gasteiger partial charge in [0.25, 0.3) is 0 Å². The highest BCUT2D eigenvalue weighted by molar-refractivity contribution is 5.79. The van der Waals surface area contributed by atoms with Crippen molar-refractivity contribution in [1.82, 2.24) is 0 Å². The van der Waals surface area contributed by atoms with Gasteiger partial charge in [0, 0.05) is 11.8 Å². The second kappa shape index (κ2) is 6.24. The van der Waals surface area contributed by atoms with E-state index >= 15 is 0 Å². The van der Waals surface area contributed by atoms with Gasteiger partial charge in [0.15, 0.2) is 6.61 Å². The molecule has 5 nitrogen and oxygen atoms in total. The maximum atomic E-state index is 12.3. The van der Waals surface area contributed by atoms with E-state index in [0.717, 1.165) is 30.6 Å². The first-order valence-corrected chi connectivity index (χ1v) is 11.0. The van der Waals surface area contributed by atoms with E-state index in [9.17, 15) is 9.59 Å². The van der Waals surface area contributed by atoms with Gasteiger partial charge in [0.2, 0.25) is 0 Å². The molecule has 9 atom stereocenters. The van der Waals surface area contributed by atoms with Crippen molar-refractivity contribution in [3.05, 3.63) is 12.3 Å². The van der Waals surface area contributed by atoms with E-state index in [-0.39, 0.29) is 18.7 Å². The fraction of sp³-hybridized carbons (Fsp3) is 0.826. The zero-order valence-electron chi connectivity index (χ0n) is 17.2. The largest absolute Gasteiger partial charge is 0.498 e. The van der Waals surface area contributed by atoms with Crippen LogP contribution in [-0.2, 0) is 23.8 Å². The van der Waals surface area contributed by atoms with Crippen LogP contribution < -0.4 is 0 Å². The Bertz CT molecular complexity index is 712. The molecule has 1 aliphatic heterocycles.